The Morgan fingerprint density at radius 3 is 1.59 bits per heavy atom. The number of unbranched alkanes of at least 4 members (excludes halogenated alkanes) is 4. The van der Waals surface area contributed by atoms with Crippen molar-refractivity contribution in [2.45, 2.75) is 161 Å². The molecule has 0 aliphatic carbocycles. The van der Waals surface area contributed by atoms with Gasteiger partial charge in [-0.25, -0.2) is 15.2 Å². The number of nitrogens with one attached hydrogen (secondary N) is 10. The molecule has 1 heterocycles. The topological polar surface area (TPSA) is 462 Å². The average molecular weight is 1190 g/mol. The molecule has 0 saturated carbocycles. The largest absolute Gasteiger partial charge is 0.462 e. The average Bonchev–Trinajstić information content (AvgIpc) is 3.46. The number of aliphatic hydroxyl groups is 2. The number of allylic oxidation sites excluding steroid dienone is 1. The summed E-state index contributed by atoms with van der Waals surface area (Å²) in [6.45, 7) is 1.92. The summed E-state index contributed by atoms with van der Waals surface area (Å²) in [4.78, 5) is 170. The van der Waals surface area contributed by atoms with Gasteiger partial charge in [0.2, 0.25) is 70.9 Å². The van der Waals surface area contributed by atoms with E-state index in [2.05, 4.69) is 60.1 Å². The van der Waals surface area contributed by atoms with Gasteiger partial charge in [-0.1, -0.05) is 52.2 Å². The van der Waals surface area contributed by atoms with Crippen molar-refractivity contribution in [1.82, 2.24) is 68.4 Å². The molecule has 0 radical (unpaired) electrons. The number of hydrogen-bond donors (Lipinski definition) is 15. The van der Waals surface area contributed by atoms with E-state index >= 15 is 0 Å². The summed E-state index contributed by atoms with van der Waals surface area (Å²) in [5.74, 6) is -12.7. The number of hydroxylamine groups is 6. The molecule has 1 rings (SSSR count). The van der Waals surface area contributed by atoms with Crippen molar-refractivity contribution in [3.63, 3.8) is 0 Å². The van der Waals surface area contributed by atoms with Gasteiger partial charge in [0.05, 0.1) is 26.3 Å². The van der Waals surface area contributed by atoms with Crippen LogP contribution in [0.25, 0.3) is 0 Å². The predicted molar refractivity (Wildman–Crippen MR) is 290 cm³/mol. The van der Waals surface area contributed by atoms with Crippen molar-refractivity contribution >= 4 is 76.9 Å². The molecule has 470 valence electrons. The van der Waals surface area contributed by atoms with Crippen LogP contribution < -0.4 is 53.2 Å². The van der Waals surface area contributed by atoms with Crippen LogP contribution in [0.5, 0.6) is 0 Å². The third-order valence-corrected chi connectivity index (χ3v) is 12.6. The minimum atomic E-state index is -1.72. The van der Waals surface area contributed by atoms with Crippen molar-refractivity contribution in [2.24, 2.45) is 5.92 Å². The van der Waals surface area contributed by atoms with Crippen LogP contribution in [-0.4, -0.2) is 226 Å². The molecule has 1 aliphatic rings. The highest BCUT2D eigenvalue weighted by molar-refractivity contribution is 5.96. The fourth-order valence-electron chi connectivity index (χ4n) is 7.70. The first-order valence-electron chi connectivity index (χ1n) is 27.5. The van der Waals surface area contributed by atoms with E-state index in [1.54, 1.807) is 12.2 Å². The highest BCUT2D eigenvalue weighted by Crippen LogP contribution is 2.08. The van der Waals surface area contributed by atoms with Gasteiger partial charge in [-0.3, -0.25) is 78.0 Å². The van der Waals surface area contributed by atoms with Gasteiger partial charge in [-0.05, 0) is 57.3 Å². The molecule has 0 aromatic rings. The quantitative estimate of drug-likeness (QED) is 0.0150. The second-order valence-electron chi connectivity index (χ2n) is 19.9. The second-order valence-corrected chi connectivity index (χ2v) is 19.9. The van der Waals surface area contributed by atoms with Crippen LogP contribution in [0.15, 0.2) is 12.2 Å². The molecule has 0 bridgehead atoms. The molecule has 83 heavy (non-hydrogen) atoms. The van der Waals surface area contributed by atoms with Crippen molar-refractivity contribution in [1.29, 1.82) is 0 Å². The van der Waals surface area contributed by atoms with Gasteiger partial charge in [0.1, 0.15) is 49.4 Å². The van der Waals surface area contributed by atoms with Gasteiger partial charge in [0, 0.05) is 59.4 Å². The summed E-state index contributed by atoms with van der Waals surface area (Å²) >= 11 is 0. The monoisotopic (exact) mass is 1190 g/mol. The summed E-state index contributed by atoms with van der Waals surface area (Å²) < 4.78 is 5.29. The molecule has 1 saturated heterocycles. The summed E-state index contributed by atoms with van der Waals surface area (Å²) in [7, 11) is 0. The first kappa shape index (κ1) is 73.6. The summed E-state index contributed by atoms with van der Waals surface area (Å²) in [6, 6.07) is -10.3. The fourth-order valence-corrected chi connectivity index (χ4v) is 7.70. The van der Waals surface area contributed by atoms with Crippen LogP contribution in [0.3, 0.4) is 0 Å². The Bertz CT molecular complexity index is 2200. The summed E-state index contributed by atoms with van der Waals surface area (Å²) in [5, 5.41) is 75.7. The van der Waals surface area contributed by atoms with E-state index < -0.39 is 165 Å². The fraction of sp³-hybridized carbons (Fsp3) is 0.706. The lowest BCUT2D eigenvalue weighted by molar-refractivity contribution is -0.163. The van der Waals surface area contributed by atoms with Crippen LogP contribution in [-0.2, 0) is 67.1 Å². The second kappa shape index (κ2) is 40.7. The minimum absolute atomic E-state index is 0.0213. The van der Waals surface area contributed by atoms with Crippen LogP contribution in [0, 0.1) is 5.92 Å². The number of carbonyl (C=O) groups is 13. The summed E-state index contributed by atoms with van der Waals surface area (Å²) in [5.41, 5.74) is 0. The van der Waals surface area contributed by atoms with Crippen LogP contribution >= 0.6 is 0 Å². The minimum Gasteiger partial charge on any atom is -0.462 e. The molecule has 12 amide bonds. The van der Waals surface area contributed by atoms with Gasteiger partial charge in [-0.2, -0.15) is 0 Å². The molecule has 1 aliphatic heterocycles. The number of carbonyl (C=O) groups excluding carboxylic acids is 13. The van der Waals surface area contributed by atoms with Gasteiger partial charge >= 0.3 is 5.97 Å². The van der Waals surface area contributed by atoms with Crippen molar-refractivity contribution in [2.75, 3.05) is 65.6 Å². The first-order chi connectivity index (χ1) is 39.2. The maximum absolute atomic E-state index is 14.0. The lowest BCUT2D eigenvalue weighted by Crippen LogP contribution is -2.59. The zero-order chi connectivity index (χ0) is 62.6. The number of esters is 1. The van der Waals surface area contributed by atoms with Gasteiger partial charge < -0.3 is 68.1 Å². The molecule has 15 N–H and O–H groups in total. The molecule has 0 aromatic carbocycles. The standard InChI is InChI=1S/C51H87N13O19/c1-7-8-9-10-11-12-13-20-41(70)58-40-30-83-44(73)27-55-46(74)36(18-15-22-63(81)33(5)68)57-42(71)25-54-48(76)38(28-65)52-24-35(17-14-21-62(80)32(4)67)56-49(77)39(29-66)60-51(79)45(31(2)3)61-43(72)26-53-47(75)37(59-50(40)78)19-16-23-64(82)34(6)69/h12-13,31,35-40,45,52,65-66,80-82H,7-11,14-30H2,1-6H3,(H,53,75)(H,54,76)(H,55,74)(H,56,77)(H,57,71)(H,58,70)(H,59,78)(H,60,79)(H,61,72). The molecule has 7 unspecified atom stereocenters. The SMILES string of the molecule is CCCCCCC=CCC(=O)NC1COC(=O)CNC(=O)C(CCCN(O)C(C)=O)NC(=O)CNC(=O)C(CO)NCC(CCCN(O)C(C)=O)NC(=O)C(CO)NC(=O)C(C(C)C)NC(=O)CNC(=O)C(CCCN(O)C(C)=O)NC1=O. The Kier molecular flexibility index (Phi) is 36.1. The number of hydrogen-bond acceptors (Lipinski definition) is 20. The maximum Gasteiger partial charge on any atom is 0.325 e. The molecule has 0 spiro atoms. The van der Waals surface area contributed by atoms with Gasteiger partial charge in [-0.15, -0.1) is 0 Å². The maximum atomic E-state index is 14.0. The zero-order valence-electron chi connectivity index (χ0n) is 48.1. The lowest BCUT2D eigenvalue weighted by atomic mass is 10.0. The van der Waals surface area contributed by atoms with E-state index in [0.717, 1.165) is 46.5 Å². The van der Waals surface area contributed by atoms with E-state index in [1.807, 2.05) is 0 Å². The lowest BCUT2D eigenvalue weighted by Gasteiger charge is -2.27. The molecular formula is C51H87N13O19. The van der Waals surface area contributed by atoms with Crippen LogP contribution in [0.4, 0.5) is 0 Å². The van der Waals surface area contributed by atoms with Crippen LogP contribution in [0.1, 0.15) is 119 Å². The number of ether oxygens (including phenoxy) is 1. The molecule has 32 heteroatoms. The van der Waals surface area contributed by atoms with E-state index in [0.29, 0.717) is 21.6 Å². The van der Waals surface area contributed by atoms with Crippen molar-refractivity contribution in [3.05, 3.63) is 12.2 Å². The number of aliphatic hydroxyl groups excluding tert-OH is 2. The van der Waals surface area contributed by atoms with E-state index in [9.17, 15) is 88.2 Å². The first-order valence-corrected chi connectivity index (χ1v) is 27.5. The number of cyclic esters (lactones) is 1. The summed E-state index contributed by atoms with van der Waals surface area (Å²) in [6.07, 6.45) is 6.89. The number of rotatable bonds is 23. The normalized spacial score (nSPS) is 22.0. The Morgan fingerprint density at radius 2 is 1.07 bits per heavy atom. The number of amides is 12. The van der Waals surface area contributed by atoms with E-state index in [4.69, 9.17) is 4.74 Å². The smallest absolute Gasteiger partial charge is 0.325 e. The predicted octanol–water partition coefficient (Wildman–Crippen LogP) is -4.63. The van der Waals surface area contributed by atoms with Gasteiger partial charge in [0.25, 0.3) is 0 Å². The Hall–Kier alpha value is -7.39. The highest BCUT2D eigenvalue weighted by Gasteiger charge is 2.33. The molecular weight excluding hydrogens is 1100 g/mol. The van der Waals surface area contributed by atoms with Gasteiger partial charge in [0.15, 0.2) is 0 Å². The molecule has 0 aromatic heterocycles. The van der Waals surface area contributed by atoms with E-state index in [1.165, 1.54) is 13.8 Å². The highest BCUT2D eigenvalue weighted by atomic mass is 16.5. The molecule has 7 atom stereocenters. The number of nitrogens with zero attached hydrogens (tertiary/aromatic N) is 3. The molecule has 1 fully saturated rings. The third kappa shape index (κ3) is 31.0. The Labute approximate surface area is 481 Å². The Morgan fingerprint density at radius 1 is 0.578 bits per heavy atom. The Balaban J connectivity index is 3.77. The van der Waals surface area contributed by atoms with Crippen molar-refractivity contribution in [3.8, 4) is 0 Å². The molecule has 32 nitrogen and oxygen atoms in total. The zero-order valence-corrected chi connectivity index (χ0v) is 48.1. The van der Waals surface area contributed by atoms with Crippen molar-refractivity contribution < 1.29 is 92.9 Å². The van der Waals surface area contributed by atoms with E-state index in [-0.39, 0.29) is 71.1 Å². The van der Waals surface area contributed by atoms with Crippen LogP contribution in [0.2, 0.25) is 0 Å². The third-order valence-electron chi connectivity index (χ3n) is 12.6.